The summed E-state index contributed by atoms with van der Waals surface area (Å²) in [4.78, 5) is 17.2. The number of hydrogen-bond donors (Lipinski definition) is 1. The summed E-state index contributed by atoms with van der Waals surface area (Å²) in [5, 5.41) is 0. The first-order chi connectivity index (χ1) is 7.22. The number of nitrogens with two attached hydrogens (primary N) is 1. The van der Waals surface area contributed by atoms with Crippen LogP contribution >= 0.6 is 0 Å². The molecule has 4 nitrogen and oxygen atoms in total. The number of pyridine rings is 1. The van der Waals surface area contributed by atoms with Crippen LogP contribution in [0.1, 0.15) is 6.42 Å². The van der Waals surface area contributed by atoms with Gasteiger partial charge in [0.05, 0.1) is 17.6 Å². The molecule has 1 aliphatic rings. The second kappa shape index (κ2) is 3.62. The molecule has 0 spiro atoms. The van der Waals surface area contributed by atoms with Crippen molar-refractivity contribution in [1.29, 1.82) is 0 Å². The van der Waals surface area contributed by atoms with Gasteiger partial charge in [-0.25, -0.2) is 0 Å². The van der Waals surface area contributed by atoms with Crippen LogP contribution in [0.4, 0.5) is 11.4 Å². The number of amides is 1. The lowest BCUT2D eigenvalue weighted by Gasteiger charge is -2.17. The van der Waals surface area contributed by atoms with Crippen LogP contribution in [0.25, 0.3) is 0 Å². The van der Waals surface area contributed by atoms with Gasteiger partial charge in [0.1, 0.15) is 0 Å². The molecule has 1 aliphatic heterocycles. The van der Waals surface area contributed by atoms with E-state index in [4.69, 9.17) is 12.2 Å². The molecule has 1 aromatic heterocycles. The fourth-order valence-electron chi connectivity index (χ4n) is 1.70. The maximum Gasteiger partial charge on any atom is 0.228 e. The Bertz CT molecular complexity index is 436. The number of aromatic nitrogens is 1. The van der Waals surface area contributed by atoms with Gasteiger partial charge in [0.25, 0.3) is 0 Å². The lowest BCUT2D eigenvalue weighted by Crippen LogP contribution is -2.25. The molecule has 0 aliphatic carbocycles. The summed E-state index contributed by atoms with van der Waals surface area (Å²) in [5.41, 5.74) is 6.95. The predicted octanol–water partition coefficient (Wildman–Crippen LogP) is 0.650. The Kier molecular flexibility index (Phi) is 2.30. The molecule has 76 valence electrons. The van der Waals surface area contributed by atoms with Gasteiger partial charge in [-0.1, -0.05) is 0 Å². The molecule has 1 unspecified atom stereocenters. The highest BCUT2D eigenvalue weighted by atomic mass is 16.2. The lowest BCUT2D eigenvalue weighted by molar-refractivity contribution is -0.117. The monoisotopic (exact) mass is 201 g/mol. The third-order valence-electron chi connectivity index (χ3n) is 2.48. The predicted molar refractivity (Wildman–Crippen MR) is 57.9 cm³/mol. The standard InChI is InChI=1S/C11H11N3O/c1-2-8-5-11(15)14(7-8)10-3-4-13-6-9(10)12/h1,3-4,6,8H,5,7,12H2. The van der Waals surface area contributed by atoms with Gasteiger partial charge in [-0.05, 0) is 6.07 Å². The average Bonchev–Trinajstić information content (AvgIpc) is 2.60. The van der Waals surface area contributed by atoms with E-state index in [-0.39, 0.29) is 11.8 Å². The molecule has 2 N–H and O–H groups in total. The highest BCUT2D eigenvalue weighted by molar-refractivity contribution is 5.98. The molecule has 0 aromatic carbocycles. The van der Waals surface area contributed by atoms with Gasteiger partial charge >= 0.3 is 0 Å². The Hall–Kier alpha value is -2.02. The van der Waals surface area contributed by atoms with E-state index < -0.39 is 0 Å². The van der Waals surface area contributed by atoms with E-state index in [1.165, 1.54) is 6.20 Å². The van der Waals surface area contributed by atoms with Gasteiger partial charge in [-0.3, -0.25) is 9.78 Å². The van der Waals surface area contributed by atoms with Crippen LogP contribution in [-0.4, -0.2) is 17.4 Å². The number of rotatable bonds is 1. The number of hydrogen-bond acceptors (Lipinski definition) is 3. The van der Waals surface area contributed by atoms with Crippen molar-refractivity contribution in [3.63, 3.8) is 0 Å². The van der Waals surface area contributed by atoms with Crippen LogP contribution in [0.15, 0.2) is 18.5 Å². The lowest BCUT2D eigenvalue weighted by atomic mass is 10.1. The first kappa shape index (κ1) is 9.53. The third kappa shape index (κ3) is 1.64. The van der Waals surface area contributed by atoms with E-state index in [0.717, 1.165) is 0 Å². The summed E-state index contributed by atoms with van der Waals surface area (Å²) in [6.07, 6.45) is 8.85. The maximum absolute atomic E-state index is 11.7. The van der Waals surface area contributed by atoms with Crippen LogP contribution < -0.4 is 10.6 Å². The van der Waals surface area contributed by atoms with Crippen molar-refractivity contribution in [1.82, 2.24) is 4.98 Å². The number of nitrogen functional groups attached to an aromatic ring is 1. The summed E-state index contributed by atoms with van der Waals surface area (Å²) in [7, 11) is 0. The number of anilines is 2. The second-order valence-corrected chi connectivity index (χ2v) is 3.51. The molecule has 0 saturated carbocycles. The molecular formula is C11H11N3O. The van der Waals surface area contributed by atoms with Crippen molar-refractivity contribution in [2.45, 2.75) is 6.42 Å². The first-order valence-corrected chi connectivity index (χ1v) is 4.68. The van der Waals surface area contributed by atoms with Crippen LogP contribution in [0, 0.1) is 18.3 Å². The number of carbonyl (C=O) groups is 1. The summed E-state index contributed by atoms with van der Waals surface area (Å²) in [6, 6.07) is 1.73. The second-order valence-electron chi connectivity index (χ2n) is 3.51. The molecule has 1 atom stereocenters. The highest BCUT2D eigenvalue weighted by Gasteiger charge is 2.30. The van der Waals surface area contributed by atoms with Crippen molar-refractivity contribution < 1.29 is 4.79 Å². The Morgan fingerprint density at radius 1 is 1.67 bits per heavy atom. The molecule has 0 bridgehead atoms. The molecule has 4 heteroatoms. The Balaban J connectivity index is 2.30. The molecule has 1 aromatic rings. The normalized spacial score (nSPS) is 20.3. The van der Waals surface area contributed by atoms with Gasteiger partial charge < -0.3 is 10.6 Å². The van der Waals surface area contributed by atoms with E-state index in [0.29, 0.717) is 24.3 Å². The highest BCUT2D eigenvalue weighted by Crippen LogP contribution is 2.28. The number of terminal acetylenes is 1. The van der Waals surface area contributed by atoms with Gasteiger partial charge in [0.15, 0.2) is 0 Å². The molecule has 1 amide bonds. The molecular weight excluding hydrogens is 190 g/mol. The van der Waals surface area contributed by atoms with Crippen LogP contribution in [0.2, 0.25) is 0 Å². The van der Waals surface area contributed by atoms with E-state index in [1.807, 2.05) is 0 Å². The van der Waals surface area contributed by atoms with Crippen LogP contribution in [-0.2, 0) is 4.79 Å². The quantitative estimate of drug-likeness (QED) is 0.679. The molecule has 2 heterocycles. The van der Waals surface area contributed by atoms with Crippen LogP contribution in [0.3, 0.4) is 0 Å². The third-order valence-corrected chi connectivity index (χ3v) is 2.48. The summed E-state index contributed by atoms with van der Waals surface area (Å²) in [5.74, 6) is 2.61. The summed E-state index contributed by atoms with van der Waals surface area (Å²) in [6.45, 7) is 0.545. The summed E-state index contributed by atoms with van der Waals surface area (Å²) < 4.78 is 0. The Morgan fingerprint density at radius 2 is 2.47 bits per heavy atom. The van der Waals surface area contributed by atoms with Crippen molar-refractivity contribution >= 4 is 17.3 Å². The maximum atomic E-state index is 11.7. The van der Waals surface area contributed by atoms with Crippen LogP contribution in [0.5, 0.6) is 0 Å². The number of carbonyl (C=O) groups excluding carboxylic acids is 1. The fourth-order valence-corrected chi connectivity index (χ4v) is 1.70. The topological polar surface area (TPSA) is 59.2 Å². The minimum absolute atomic E-state index is 0.00920. The van der Waals surface area contributed by atoms with Crippen molar-refractivity contribution in [3.8, 4) is 12.3 Å². The molecule has 1 fully saturated rings. The Morgan fingerprint density at radius 3 is 3.07 bits per heavy atom. The smallest absolute Gasteiger partial charge is 0.228 e. The van der Waals surface area contributed by atoms with E-state index >= 15 is 0 Å². The fraction of sp³-hybridized carbons (Fsp3) is 0.273. The number of nitrogens with zero attached hydrogens (tertiary/aromatic N) is 2. The molecule has 15 heavy (non-hydrogen) atoms. The van der Waals surface area contributed by atoms with E-state index in [2.05, 4.69) is 10.9 Å². The molecule has 0 radical (unpaired) electrons. The minimum Gasteiger partial charge on any atom is -0.396 e. The minimum atomic E-state index is -0.00920. The zero-order valence-electron chi connectivity index (χ0n) is 8.18. The SMILES string of the molecule is C#CC1CC(=O)N(c2ccncc2N)C1. The zero-order chi connectivity index (χ0) is 10.8. The largest absolute Gasteiger partial charge is 0.396 e. The molecule has 2 rings (SSSR count). The summed E-state index contributed by atoms with van der Waals surface area (Å²) >= 11 is 0. The Labute approximate surface area is 88.1 Å². The first-order valence-electron chi connectivity index (χ1n) is 4.68. The molecule has 1 saturated heterocycles. The van der Waals surface area contributed by atoms with Gasteiger partial charge in [0.2, 0.25) is 5.91 Å². The van der Waals surface area contributed by atoms with E-state index in [1.54, 1.807) is 17.2 Å². The van der Waals surface area contributed by atoms with Crippen molar-refractivity contribution in [2.75, 3.05) is 17.2 Å². The zero-order valence-corrected chi connectivity index (χ0v) is 8.18. The van der Waals surface area contributed by atoms with Crippen molar-refractivity contribution in [3.05, 3.63) is 18.5 Å². The van der Waals surface area contributed by atoms with Gasteiger partial charge in [0, 0.05) is 25.1 Å². The van der Waals surface area contributed by atoms with Crippen molar-refractivity contribution in [2.24, 2.45) is 5.92 Å². The van der Waals surface area contributed by atoms with E-state index in [9.17, 15) is 4.79 Å². The van der Waals surface area contributed by atoms with Gasteiger partial charge in [-0.15, -0.1) is 12.3 Å². The average molecular weight is 201 g/mol. The van der Waals surface area contributed by atoms with Gasteiger partial charge in [-0.2, -0.15) is 0 Å².